The topological polar surface area (TPSA) is 60.9 Å². The number of nitrogens with two attached hydrogens (primary N) is 1. The number of Topliss-reactive ketones (excluding diaryl/α,β-unsaturated/α-hetero) is 1. The van der Waals surface area contributed by atoms with Crippen LogP contribution in [-0.4, -0.2) is 15.3 Å². The van der Waals surface area contributed by atoms with Crippen molar-refractivity contribution in [1.29, 1.82) is 0 Å². The molecule has 1 atom stereocenters. The predicted octanol–water partition coefficient (Wildman–Crippen LogP) is 2.60. The summed E-state index contributed by atoms with van der Waals surface area (Å²) in [5.74, 6) is 1.03. The Kier molecular flexibility index (Phi) is 4.00. The van der Waals surface area contributed by atoms with Crippen LogP contribution in [0.15, 0.2) is 18.2 Å². The van der Waals surface area contributed by atoms with Crippen molar-refractivity contribution >= 4 is 16.8 Å². The van der Waals surface area contributed by atoms with E-state index in [0.717, 1.165) is 23.3 Å². The fourth-order valence-electron chi connectivity index (χ4n) is 2.27. The van der Waals surface area contributed by atoms with Crippen LogP contribution in [0.4, 0.5) is 0 Å². The Morgan fingerprint density at radius 1 is 1.47 bits per heavy atom. The largest absolute Gasteiger partial charge is 0.326 e. The number of rotatable bonds is 5. The fraction of sp³-hybridized carbons (Fsp3) is 0.467. The van der Waals surface area contributed by atoms with Crippen molar-refractivity contribution < 1.29 is 4.79 Å². The number of nitrogens with zero attached hydrogens (tertiary/aromatic N) is 2. The maximum Gasteiger partial charge on any atom is 0.131 e. The lowest BCUT2D eigenvalue weighted by Gasteiger charge is -2.10. The van der Waals surface area contributed by atoms with Crippen molar-refractivity contribution in [2.24, 2.45) is 5.73 Å². The molecule has 4 nitrogen and oxygen atoms in total. The first-order valence-electron chi connectivity index (χ1n) is 6.77. The molecule has 0 saturated carbocycles. The van der Waals surface area contributed by atoms with Gasteiger partial charge in [0.1, 0.15) is 11.6 Å². The average Bonchev–Trinajstić information content (AvgIpc) is 2.73. The third-order valence-corrected chi connectivity index (χ3v) is 3.35. The van der Waals surface area contributed by atoms with Crippen molar-refractivity contribution in [3.63, 3.8) is 0 Å². The minimum absolute atomic E-state index is 0.135. The smallest absolute Gasteiger partial charge is 0.131 e. The average molecular weight is 259 g/mol. The van der Waals surface area contributed by atoms with Crippen LogP contribution in [0.3, 0.4) is 0 Å². The van der Waals surface area contributed by atoms with Crippen molar-refractivity contribution in [2.45, 2.75) is 46.2 Å². The molecule has 0 radical (unpaired) electrons. The highest BCUT2D eigenvalue weighted by atomic mass is 16.1. The Hall–Kier alpha value is -1.68. The molecule has 0 bridgehead atoms. The summed E-state index contributed by atoms with van der Waals surface area (Å²) >= 11 is 0. The molecule has 1 unspecified atom stereocenters. The van der Waals surface area contributed by atoms with Crippen molar-refractivity contribution in [2.75, 3.05) is 0 Å². The second kappa shape index (κ2) is 5.53. The van der Waals surface area contributed by atoms with E-state index in [1.165, 1.54) is 5.56 Å². The molecule has 19 heavy (non-hydrogen) atoms. The number of hydrogen-bond acceptors (Lipinski definition) is 3. The standard InChI is InChI=1S/C15H21N3O/c1-4-12-5-6-14-13(9-12)17-15(11(3)16)18(14)8-7-10(2)19/h5-6,9,11H,4,7-8,16H2,1-3H3. The molecule has 2 aromatic rings. The van der Waals surface area contributed by atoms with Crippen LogP contribution in [0.5, 0.6) is 0 Å². The summed E-state index contributed by atoms with van der Waals surface area (Å²) in [5.41, 5.74) is 9.28. The van der Waals surface area contributed by atoms with E-state index in [1.807, 2.05) is 6.92 Å². The molecule has 1 heterocycles. The Bertz CT molecular complexity index is 599. The van der Waals surface area contributed by atoms with Gasteiger partial charge in [0.15, 0.2) is 0 Å². The Balaban J connectivity index is 2.50. The minimum atomic E-state index is -0.135. The van der Waals surface area contributed by atoms with Gasteiger partial charge in [-0.15, -0.1) is 0 Å². The molecule has 0 fully saturated rings. The maximum atomic E-state index is 11.2. The first-order valence-corrected chi connectivity index (χ1v) is 6.77. The quantitative estimate of drug-likeness (QED) is 0.897. The highest BCUT2D eigenvalue weighted by Crippen LogP contribution is 2.21. The summed E-state index contributed by atoms with van der Waals surface area (Å²) in [6.45, 7) is 6.31. The van der Waals surface area contributed by atoms with E-state index in [4.69, 9.17) is 5.73 Å². The van der Waals surface area contributed by atoms with Gasteiger partial charge < -0.3 is 10.3 Å². The first kappa shape index (κ1) is 13.7. The van der Waals surface area contributed by atoms with Crippen LogP contribution in [0, 0.1) is 0 Å². The molecule has 0 aliphatic heterocycles. The van der Waals surface area contributed by atoms with Crippen molar-refractivity contribution in [3.05, 3.63) is 29.6 Å². The number of imidazole rings is 1. The number of fused-ring (bicyclic) bond motifs is 1. The van der Waals surface area contributed by atoms with Crippen LogP contribution in [-0.2, 0) is 17.8 Å². The van der Waals surface area contributed by atoms with E-state index >= 15 is 0 Å². The van der Waals surface area contributed by atoms with E-state index in [1.54, 1.807) is 6.92 Å². The van der Waals surface area contributed by atoms with Gasteiger partial charge in [-0.2, -0.15) is 0 Å². The predicted molar refractivity (Wildman–Crippen MR) is 77.0 cm³/mol. The van der Waals surface area contributed by atoms with Crippen LogP contribution in [0.2, 0.25) is 0 Å². The number of carbonyl (C=O) groups is 1. The van der Waals surface area contributed by atoms with E-state index in [9.17, 15) is 4.79 Å². The van der Waals surface area contributed by atoms with Gasteiger partial charge >= 0.3 is 0 Å². The normalized spacial score (nSPS) is 12.8. The number of carbonyl (C=O) groups excluding carboxylic acids is 1. The van der Waals surface area contributed by atoms with Gasteiger partial charge in [-0.05, 0) is 38.0 Å². The highest BCUT2D eigenvalue weighted by Gasteiger charge is 2.14. The molecule has 4 heteroatoms. The highest BCUT2D eigenvalue weighted by molar-refractivity contribution is 5.78. The maximum absolute atomic E-state index is 11.2. The fourth-order valence-corrected chi connectivity index (χ4v) is 2.27. The lowest BCUT2D eigenvalue weighted by atomic mass is 10.1. The van der Waals surface area contributed by atoms with Gasteiger partial charge in [-0.1, -0.05) is 13.0 Å². The van der Waals surface area contributed by atoms with E-state index < -0.39 is 0 Å². The molecule has 2 N–H and O–H groups in total. The Labute approximate surface area is 113 Å². The van der Waals surface area contributed by atoms with Gasteiger partial charge in [-0.3, -0.25) is 4.79 Å². The van der Waals surface area contributed by atoms with Crippen LogP contribution < -0.4 is 5.73 Å². The number of benzene rings is 1. The number of aryl methyl sites for hydroxylation is 2. The molecule has 0 aliphatic rings. The molecule has 0 saturated heterocycles. The molecule has 0 aliphatic carbocycles. The second-order valence-corrected chi connectivity index (χ2v) is 5.04. The summed E-state index contributed by atoms with van der Waals surface area (Å²) in [5, 5.41) is 0. The molecule has 0 spiro atoms. The molecular weight excluding hydrogens is 238 g/mol. The third-order valence-electron chi connectivity index (χ3n) is 3.35. The lowest BCUT2D eigenvalue weighted by Crippen LogP contribution is -2.14. The molecule has 102 valence electrons. The van der Waals surface area contributed by atoms with Crippen molar-refractivity contribution in [3.8, 4) is 0 Å². The van der Waals surface area contributed by atoms with Gasteiger partial charge in [0.05, 0.1) is 17.1 Å². The monoisotopic (exact) mass is 259 g/mol. The molecule has 2 rings (SSSR count). The van der Waals surface area contributed by atoms with Gasteiger partial charge in [0.2, 0.25) is 0 Å². The molecule has 0 amide bonds. The first-order chi connectivity index (χ1) is 9.02. The zero-order valence-electron chi connectivity index (χ0n) is 11.8. The van der Waals surface area contributed by atoms with Gasteiger partial charge in [0, 0.05) is 13.0 Å². The van der Waals surface area contributed by atoms with Crippen molar-refractivity contribution in [1.82, 2.24) is 9.55 Å². The van der Waals surface area contributed by atoms with E-state index in [-0.39, 0.29) is 11.8 Å². The molecular formula is C15H21N3O. The molecule has 1 aromatic carbocycles. The second-order valence-electron chi connectivity index (χ2n) is 5.04. The van der Waals surface area contributed by atoms with E-state index in [0.29, 0.717) is 13.0 Å². The lowest BCUT2D eigenvalue weighted by molar-refractivity contribution is -0.117. The number of ketones is 1. The summed E-state index contributed by atoms with van der Waals surface area (Å²) in [4.78, 5) is 15.8. The SMILES string of the molecule is CCc1ccc2c(c1)nc(C(C)N)n2CCC(C)=O. The molecule has 1 aromatic heterocycles. The summed E-state index contributed by atoms with van der Waals surface area (Å²) in [6, 6.07) is 6.15. The zero-order valence-corrected chi connectivity index (χ0v) is 11.8. The number of aromatic nitrogens is 2. The van der Waals surface area contributed by atoms with Crippen LogP contribution in [0.25, 0.3) is 11.0 Å². The Morgan fingerprint density at radius 3 is 2.79 bits per heavy atom. The summed E-state index contributed by atoms with van der Waals surface area (Å²) in [6.07, 6.45) is 1.50. The summed E-state index contributed by atoms with van der Waals surface area (Å²) < 4.78 is 2.07. The number of hydrogen-bond donors (Lipinski definition) is 1. The van der Waals surface area contributed by atoms with Crippen LogP contribution in [0.1, 0.15) is 44.6 Å². The zero-order chi connectivity index (χ0) is 14.0. The minimum Gasteiger partial charge on any atom is -0.326 e. The van der Waals surface area contributed by atoms with Gasteiger partial charge in [-0.25, -0.2) is 4.98 Å². The third kappa shape index (κ3) is 2.84. The van der Waals surface area contributed by atoms with E-state index in [2.05, 4.69) is 34.7 Å². The van der Waals surface area contributed by atoms with Crippen LogP contribution >= 0.6 is 0 Å². The Morgan fingerprint density at radius 2 is 2.21 bits per heavy atom. The summed E-state index contributed by atoms with van der Waals surface area (Å²) in [7, 11) is 0. The van der Waals surface area contributed by atoms with Gasteiger partial charge in [0.25, 0.3) is 0 Å².